The molecule has 0 aromatic carbocycles. The van der Waals surface area contributed by atoms with E-state index >= 15 is 0 Å². The maximum absolute atomic E-state index is 11.1. The average Bonchev–Trinajstić information content (AvgIpc) is 2.54. The van der Waals surface area contributed by atoms with Crippen LogP contribution in [-0.2, 0) is 19.0 Å². The molecule has 0 aliphatic heterocycles. The first-order chi connectivity index (χ1) is 11.3. The fourth-order valence-electron chi connectivity index (χ4n) is 2.40. The molecule has 0 fully saturated rings. The van der Waals surface area contributed by atoms with Gasteiger partial charge in [-0.1, -0.05) is 64.7 Å². The Morgan fingerprint density at radius 1 is 0.652 bits per heavy atom. The van der Waals surface area contributed by atoms with E-state index in [1.807, 2.05) is 0 Å². The summed E-state index contributed by atoms with van der Waals surface area (Å²) in [7, 11) is 0. The molecular weight excluding hydrogens is 292 g/mol. The van der Waals surface area contributed by atoms with Crippen molar-refractivity contribution in [3.63, 3.8) is 0 Å². The third-order valence-electron chi connectivity index (χ3n) is 3.77. The van der Waals surface area contributed by atoms with Gasteiger partial charge in [0.2, 0.25) is 0 Å². The van der Waals surface area contributed by atoms with Crippen LogP contribution in [0.2, 0.25) is 0 Å². The topological polar surface area (TPSA) is 44.8 Å². The van der Waals surface area contributed by atoms with E-state index in [1.165, 1.54) is 57.8 Å². The summed E-state index contributed by atoms with van der Waals surface area (Å²) in [5, 5.41) is 0. The second kappa shape index (κ2) is 19.4. The molecule has 0 amide bonds. The van der Waals surface area contributed by atoms with Gasteiger partial charge in [0.05, 0.1) is 32.8 Å². The molecule has 0 saturated heterocycles. The van der Waals surface area contributed by atoms with Crippen LogP contribution in [0.3, 0.4) is 0 Å². The highest BCUT2D eigenvalue weighted by molar-refractivity contribution is 5.69. The summed E-state index contributed by atoms with van der Waals surface area (Å²) in [6.07, 6.45) is 13.7. The van der Waals surface area contributed by atoms with E-state index in [0.29, 0.717) is 32.8 Å². The monoisotopic (exact) mass is 330 g/mol. The summed E-state index contributed by atoms with van der Waals surface area (Å²) in [5.74, 6) is -0.196. The Bertz CT molecular complexity index is 244. The van der Waals surface area contributed by atoms with Gasteiger partial charge in [0.1, 0.15) is 0 Å². The maximum atomic E-state index is 11.1. The van der Waals surface area contributed by atoms with Gasteiger partial charge in [0.15, 0.2) is 0 Å². The Morgan fingerprint density at radius 3 is 1.74 bits per heavy atom. The molecule has 23 heavy (non-hydrogen) atoms. The minimum atomic E-state index is -0.196. The Balaban J connectivity index is 3.01. The van der Waals surface area contributed by atoms with E-state index in [2.05, 4.69) is 6.92 Å². The Morgan fingerprint density at radius 2 is 1.17 bits per heavy atom. The standard InChI is InChI=1S/C19H38O4/c1-3-5-6-7-8-9-10-11-12-13-15-21-17-18-22-16-14-19(20)23-4-2/h3-18H2,1-2H3. The van der Waals surface area contributed by atoms with E-state index in [4.69, 9.17) is 14.2 Å². The van der Waals surface area contributed by atoms with Gasteiger partial charge < -0.3 is 14.2 Å². The van der Waals surface area contributed by atoms with E-state index < -0.39 is 0 Å². The van der Waals surface area contributed by atoms with Crippen LogP contribution >= 0.6 is 0 Å². The average molecular weight is 331 g/mol. The van der Waals surface area contributed by atoms with Crippen molar-refractivity contribution < 1.29 is 19.0 Å². The van der Waals surface area contributed by atoms with Crippen LogP contribution in [0.15, 0.2) is 0 Å². The Kier molecular flexibility index (Phi) is 18.9. The van der Waals surface area contributed by atoms with Crippen molar-refractivity contribution in [3.05, 3.63) is 0 Å². The molecule has 0 radical (unpaired) electrons. The summed E-state index contributed by atoms with van der Waals surface area (Å²) >= 11 is 0. The van der Waals surface area contributed by atoms with Crippen molar-refractivity contribution in [3.8, 4) is 0 Å². The Labute approximate surface area is 143 Å². The third-order valence-corrected chi connectivity index (χ3v) is 3.77. The van der Waals surface area contributed by atoms with Crippen molar-refractivity contribution in [1.29, 1.82) is 0 Å². The Hall–Kier alpha value is -0.610. The smallest absolute Gasteiger partial charge is 0.308 e. The second-order valence-electron chi connectivity index (χ2n) is 5.96. The van der Waals surface area contributed by atoms with Crippen molar-refractivity contribution in [1.82, 2.24) is 0 Å². The summed E-state index contributed by atoms with van der Waals surface area (Å²) < 4.78 is 15.7. The molecule has 0 rings (SSSR count). The van der Waals surface area contributed by atoms with Crippen LogP contribution in [0.4, 0.5) is 0 Å². The van der Waals surface area contributed by atoms with Gasteiger partial charge in [0, 0.05) is 6.61 Å². The van der Waals surface area contributed by atoms with Crippen molar-refractivity contribution in [2.24, 2.45) is 0 Å². The molecule has 0 atom stereocenters. The van der Waals surface area contributed by atoms with Crippen LogP contribution in [0.1, 0.15) is 84.5 Å². The number of esters is 1. The number of rotatable bonds is 18. The zero-order chi connectivity index (χ0) is 17.0. The van der Waals surface area contributed by atoms with Crippen LogP contribution in [-0.4, -0.2) is 39.0 Å². The molecule has 4 heteroatoms. The van der Waals surface area contributed by atoms with E-state index in [9.17, 15) is 4.79 Å². The molecule has 0 saturated carbocycles. The lowest BCUT2D eigenvalue weighted by atomic mass is 10.1. The van der Waals surface area contributed by atoms with Crippen molar-refractivity contribution in [2.45, 2.75) is 84.5 Å². The lowest BCUT2D eigenvalue weighted by Crippen LogP contribution is -2.11. The van der Waals surface area contributed by atoms with Crippen molar-refractivity contribution in [2.75, 3.05) is 33.0 Å². The zero-order valence-corrected chi connectivity index (χ0v) is 15.4. The predicted molar refractivity (Wildman–Crippen MR) is 94.7 cm³/mol. The lowest BCUT2D eigenvalue weighted by Gasteiger charge is -2.06. The van der Waals surface area contributed by atoms with E-state index in [-0.39, 0.29) is 5.97 Å². The third kappa shape index (κ3) is 19.3. The van der Waals surface area contributed by atoms with Gasteiger partial charge in [-0.15, -0.1) is 0 Å². The number of unbranched alkanes of at least 4 members (excludes halogenated alkanes) is 9. The first kappa shape index (κ1) is 22.4. The largest absolute Gasteiger partial charge is 0.466 e. The van der Waals surface area contributed by atoms with Crippen molar-refractivity contribution >= 4 is 5.97 Å². The summed E-state index contributed by atoms with van der Waals surface area (Å²) in [6.45, 7) is 6.90. The molecule has 0 heterocycles. The highest BCUT2D eigenvalue weighted by Gasteiger charge is 2.00. The molecule has 0 unspecified atom stereocenters. The minimum absolute atomic E-state index is 0.196. The minimum Gasteiger partial charge on any atom is -0.466 e. The number of carbonyl (C=O) groups excluding carboxylic acids is 1. The first-order valence-electron chi connectivity index (χ1n) is 9.62. The highest BCUT2D eigenvalue weighted by Crippen LogP contribution is 2.10. The quantitative estimate of drug-likeness (QED) is 0.265. The van der Waals surface area contributed by atoms with Gasteiger partial charge in [-0.3, -0.25) is 4.79 Å². The fraction of sp³-hybridized carbons (Fsp3) is 0.947. The van der Waals surface area contributed by atoms with Gasteiger partial charge >= 0.3 is 5.97 Å². The molecule has 138 valence electrons. The molecule has 0 aromatic rings. The molecule has 4 nitrogen and oxygen atoms in total. The number of ether oxygens (including phenoxy) is 3. The second-order valence-corrected chi connectivity index (χ2v) is 5.96. The van der Waals surface area contributed by atoms with Gasteiger partial charge in [0.25, 0.3) is 0 Å². The predicted octanol–water partition coefficient (Wildman–Crippen LogP) is 4.89. The summed E-state index contributed by atoms with van der Waals surface area (Å²) in [5.41, 5.74) is 0. The SMILES string of the molecule is CCCCCCCCCCCCOCCOCCC(=O)OCC. The molecule has 0 aromatic heterocycles. The van der Waals surface area contributed by atoms with Crippen LogP contribution in [0.5, 0.6) is 0 Å². The molecule has 0 N–H and O–H groups in total. The zero-order valence-electron chi connectivity index (χ0n) is 15.4. The van der Waals surface area contributed by atoms with Gasteiger partial charge in [-0.05, 0) is 13.3 Å². The van der Waals surface area contributed by atoms with E-state index in [1.54, 1.807) is 6.92 Å². The number of hydrogen-bond acceptors (Lipinski definition) is 4. The molecule has 0 aliphatic carbocycles. The molecule has 0 aliphatic rings. The first-order valence-corrected chi connectivity index (χ1v) is 9.62. The van der Waals surface area contributed by atoms with E-state index in [0.717, 1.165) is 13.0 Å². The van der Waals surface area contributed by atoms with Crippen LogP contribution < -0.4 is 0 Å². The lowest BCUT2D eigenvalue weighted by molar-refractivity contribution is -0.144. The number of hydrogen-bond donors (Lipinski definition) is 0. The van der Waals surface area contributed by atoms with Crippen LogP contribution in [0.25, 0.3) is 0 Å². The molecule has 0 spiro atoms. The van der Waals surface area contributed by atoms with Crippen LogP contribution in [0, 0.1) is 0 Å². The normalized spacial score (nSPS) is 10.9. The van der Waals surface area contributed by atoms with Gasteiger partial charge in [-0.2, -0.15) is 0 Å². The number of carbonyl (C=O) groups is 1. The fourth-order valence-corrected chi connectivity index (χ4v) is 2.40. The molecular formula is C19H38O4. The summed E-state index contributed by atoms with van der Waals surface area (Å²) in [4.78, 5) is 11.1. The molecule has 0 bridgehead atoms. The maximum Gasteiger partial charge on any atom is 0.308 e. The summed E-state index contributed by atoms with van der Waals surface area (Å²) in [6, 6.07) is 0. The highest BCUT2D eigenvalue weighted by atomic mass is 16.5. The van der Waals surface area contributed by atoms with Gasteiger partial charge in [-0.25, -0.2) is 0 Å².